The summed E-state index contributed by atoms with van der Waals surface area (Å²) in [6.45, 7) is 2.28. The third-order valence-electron chi connectivity index (χ3n) is 4.93. The highest BCUT2D eigenvalue weighted by Crippen LogP contribution is 2.40. The maximum absolute atomic E-state index is 6.39. The van der Waals surface area contributed by atoms with E-state index in [2.05, 4.69) is 12.2 Å². The molecule has 0 radical (unpaired) electrons. The Labute approximate surface area is 139 Å². The molecule has 1 aromatic rings. The van der Waals surface area contributed by atoms with Gasteiger partial charge in [0.15, 0.2) is 0 Å². The third kappa shape index (κ3) is 4.61. The van der Waals surface area contributed by atoms with E-state index in [0.717, 1.165) is 21.5 Å². The fraction of sp³-hybridized carbons (Fsp3) is 0.667. The zero-order chi connectivity index (χ0) is 15.2. The molecule has 118 valence electrons. The van der Waals surface area contributed by atoms with Gasteiger partial charge in [-0.05, 0) is 55.5 Å². The Hall–Kier alpha value is -0.240. The minimum Gasteiger partial charge on any atom is -0.313 e. The van der Waals surface area contributed by atoms with Crippen LogP contribution in [0.5, 0.6) is 0 Å². The highest BCUT2D eigenvalue weighted by Gasteiger charge is 2.28. The molecule has 0 aliphatic heterocycles. The lowest BCUT2D eigenvalue weighted by Gasteiger charge is -2.34. The van der Waals surface area contributed by atoms with Gasteiger partial charge in [-0.25, -0.2) is 0 Å². The average Bonchev–Trinajstić information content (AvgIpc) is 2.50. The maximum Gasteiger partial charge on any atom is 0.0454 e. The molecular formula is C18H27Cl2N. The molecule has 0 amide bonds. The van der Waals surface area contributed by atoms with Crippen LogP contribution in [0.4, 0.5) is 0 Å². The van der Waals surface area contributed by atoms with Crippen LogP contribution in [-0.2, 0) is 0 Å². The van der Waals surface area contributed by atoms with Gasteiger partial charge in [0.1, 0.15) is 0 Å². The molecule has 1 N–H and O–H groups in total. The Morgan fingerprint density at radius 2 is 1.90 bits per heavy atom. The minimum atomic E-state index is 0.323. The van der Waals surface area contributed by atoms with Gasteiger partial charge in [-0.3, -0.25) is 0 Å². The highest BCUT2D eigenvalue weighted by molar-refractivity contribution is 6.33. The van der Waals surface area contributed by atoms with Crippen molar-refractivity contribution in [3.63, 3.8) is 0 Å². The number of halogens is 2. The first-order valence-corrected chi connectivity index (χ1v) is 9.03. The molecule has 0 heterocycles. The number of hydrogen-bond acceptors (Lipinski definition) is 1. The topological polar surface area (TPSA) is 12.0 Å². The standard InChI is InChI=1S/C18H27Cl2N/c1-3-4-5-13-6-8-14(9-7-13)18(21-2)16-12-15(19)10-11-17(16)20/h10-14,18,21H,3-9H2,1-2H3. The second-order valence-corrected chi connectivity index (χ2v) is 7.20. The fourth-order valence-corrected chi connectivity index (χ4v) is 4.12. The first-order valence-electron chi connectivity index (χ1n) is 8.28. The lowest BCUT2D eigenvalue weighted by molar-refractivity contribution is 0.218. The Bertz CT molecular complexity index is 439. The van der Waals surface area contributed by atoms with E-state index in [-0.39, 0.29) is 0 Å². The quantitative estimate of drug-likeness (QED) is 0.651. The molecule has 0 aromatic heterocycles. The van der Waals surface area contributed by atoms with Crippen molar-refractivity contribution in [2.75, 3.05) is 7.05 Å². The van der Waals surface area contributed by atoms with E-state index in [9.17, 15) is 0 Å². The molecule has 2 rings (SSSR count). The number of benzene rings is 1. The van der Waals surface area contributed by atoms with Crippen molar-refractivity contribution in [3.05, 3.63) is 33.8 Å². The molecule has 3 heteroatoms. The van der Waals surface area contributed by atoms with Crippen molar-refractivity contribution in [3.8, 4) is 0 Å². The van der Waals surface area contributed by atoms with Crippen molar-refractivity contribution in [2.24, 2.45) is 11.8 Å². The Morgan fingerprint density at radius 1 is 1.19 bits per heavy atom. The van der Waals surface area contributed by atoms with Gasteiger partial charge in [-0.1, -0.05) is 62.2 Å². The summed E-state index contributed by atoms with van der Waals surface area (Å²) in [5.41, 5.74) is 1.16. The van der Waals surface area contributed by atoms with Crippen molar-refractivity contribution in [2.45, 2.75) is 57.9 Å². The van der Waals surface area contributed by atoms with E-state index < -0.39 is 0 Å². The van der Waals surface area contributed by atoms with E-state index in [1.807, 2.05) is 25.2 Å². The van der Waals surface area contributed by atoms with Gasteiger partial charge in [-0.2, -0.15) is 0 Å². The molecular weight excluding hydrogens is 301 g/mol. The summed E-state index contributed by atoms with van der Waals surface area (Å²) in [4.78, 5) is 0. The summed E-state index contributed by atoms with van der Waals surface area (Å²) in [6.07, 6.45) is 9.42. The lowest BCUT2D eigenvalue weighted by atomic mass is 9.75. The van der Waals surface area contributed by atoms with Crippen molar-refractivity contribution < 1.29 is 0 Å². The van der Waals surface area contributed by atoms with Crippen LogP contribution < -0.4 is 5.32 Å². The van der Waals surface area contributed by atoms with Crippen LogP contribution in [0.2, 0.25) is 10.0 Å². The molecule has 21 heavy (non-hydrogen) atoms. The molecule has 1 aromatic carbocycles. The van der Waals surface area contributed by atoms with E-state index in [4.69, 9.17) is 23.2 Å². The van der Waals surface area contributed by atoms with Gasteiger partial charge in [-0.15, -0.1) is 0 Å². The molecule has 1 saturated carbocycles. The molecule has 0 bridgehead atoms. The van der Waals surface area contributed by atoms with Gasteiger partial charge in [0, 0.05) is 16.1 Å². The predicted molar refractivity (Wildman–Crippen MR) is 93.2 cm³/mol. The van der Waals surface area contributed by atoms with E-state index >= 15 is 0 Å². The molecule has 1 atom stereocenters. The van der Waals surface area contributed by atoms with Crippen LogP contribution in [0.1, 0.15) is 63.5 Å². The highest BCUT2D eigenvalue weighted by atomic mass is 35.5. The van der Waals surface area contributed by atoms with Gasteiger partial charge in [0.2, 0.25) is 0 Å². The Morgan fingerprint density at radius 3 is 2.52 bits per heavy atom. The molecule has 0 saturated heterocycles. The van der Waals surface area contributed by atoms with Crippen LogP contribution in [0, 0.1) is 11.8 Å². The van der Waals surface area contributed by atoms with E-state index in [0.29, 0.717) is 12.0 Å². The summed E-state index contributed by atoms with van der Waals surface area (Å²) in [6, 6.07) is 6.12. The van der Waals surface area contributed by atoms with Gasteiger partial charge < -0.3 is 5.32 Å². The molecule has 1 aliphatic carbocycles. The maximum atomic E-state index is 6.39. The molecule has 0 spiro atoms. The van der Waals surface area contributed by atoms with Gasteiger partial charge in [0.25, 0.3) is 0 Å². The van der Waals surface area contributed by atoms with Crippen molar-refractivity contribution in [1.82, 2.24) is 5.32 Å². The normalized spacial score (nSPS) is 24.0. The smallest absolute Gasteiger partial charge is 0.0454 e. The van der Waals surface area contributed by atoms with E-state index in [1.54, 1.807) is 0 Å². The Balaban J connectivity index is 2.01. The monoisotopic (exact) mass is 327 g/mol. The largest absolute Gasteiger partial charge is 0.313 e. The number of rotatable bonds is 6. The molecule has 1 nitrogen and oxygen atoms in total. The summed E-state index contributed by atoms with van der Waals surface area (Å²) in [5.74, 6) is 1.61. The van der Waals surface area contributed by atoms with Gasteiger partial charge in [0.05, 0.1) is 0 Å². The second kappa shape index (κ2) is 8.41. The van der Waals surface area contributed by atoms with Gasteiger partial charge >= 0.3 is 0 Å². The molecule has 1 aliphatic rings. The molecule has 1 unspecified atom stereocenters. The average molecular weight is 328 g/mol. The van der Waals surface area contributed by atoms with Crippen molar-refractivity contribution >= 4 is 23.2 Å². The number of nitrogens with one attached hydrogen (secondary N) is 1. The fourth-order valence-electron chi connectivity index (χ4n) is 3.70. The van der Waals surface area contributed by atoms with Crippen LogP contribution in [0.3, 0.4) is 0 Å². The first-order chi connectivity index (χ1) is 10.2. The van der Waals surface area contributed by atoms with Crippen molar-refractivity contribution in [1.29, 1.82) is 0 Å². The van der Waals surface area contributed by atoms with Crippen LogP contribution in [-0.4, -0.2) is 7.05 Å². The summed E-state index contributed by atoms with van der Waals surface area (Å²) in [5, 5.41) is 5.07. The number of unbranched alkanes of at least 4 members (excludes halogenated alkanes) is 1. The van der Waals surface area contributed by atoms with Crippen LogP contribution in [0.25, 0.3) is 0 Å². The molecule has 1 fully saturated rings. The second-order valence-electron chi connectivity index (χ2n) is 6.36. The summed E-state index contributed by atoms with van der Waals surface area (Å²) in [7, 11) is 2.03. The minimum absolute atomic E-state index is 0.323. The zero-order valence-corrected chi connectivity index (χ0v) is 14.7. The first kappa shape index (κ1) is 17.1. The SMILES string of the molecule is CCCCC1CCC(C(NC)c2cc(Cl)ccc2Cl)CC1. The number of hydrogen-bond donors (Lipinski definition) is 1. The summed E-state index contributed by atoms with van der Waals surface area (Å²) < 4.78 is 0. The predicted octanol–water partition coefficient (Wildman–Crippen LogP) is 6.25. The van der Waals surface area contributed by atoms with Crippen LogP contribution >= 0.6 is 23.2 Å². The summed E-state index contributed by atoms with van der Waals surface area (Å²) >= 11 is 12.5. The zero-order valence-electron chi connectivity index (χ0n) is 13.2. The van der Waals surface area contributed by atoms with E-state index in [1.165, 1.54) is 44.9 Å². The van der Waals surface area contributed by atoms with Crippen LogP contribution in [0.15, 0.2) is 18.2 Å². The third-order valence-corrected chi connectivity index (χ3v) is 5.51. The Kier molecular flexibility index (Phi) is 6.85. The lowest BCUT2D eigenvalue weighted by Crippen LogP contribution is -2.29.